The number of nitrogens with zero attached hydrogens (tertiary/aromatic N) is 1. The molecule has 0 spiro atoms. The van der Waals surface area contributed by atoms with E-state index in [1.165, 1.54) is 0 Å². The molecule has 1 aromatic rings. The number of benzene rings is 1. The second-order valence-corrected chi connectivity index (χ2v) is 3.21. The minimum atomic E-state index is -1.05. The molecule has 2 rings (SSSR count). The van der Waals surface area contributed by atoms with Crippen LogP contribution in [-0.2, 0) is 4.79 Å². The van der Waals surface area contributed by atoms with Crippen LogP contribution in [0, 0.1) is 11.6 Å². The number of halogens is 2. The zero-order valence-electron chi connectivity index (χ0n) is 7.96. The lowest BCUT2D eigenvalue weighted by Crippen LogP contribution is -2.32. The topological polar surface area (TPSA) is 75.4 Å². The van der Waals surface area contributed by atoms with Gasteiger partial charge in [0.1, 0.15) is 11.5 Å². The van der Waals surface area contributed by atoms with Gasteiger partial charge in [0, 0.05) is 6.07 Å². The van der Waals surface area contributed by atoms with E-state index in [1.807, 2.05) is 0 Å². The highest BCUT2D eigenvalue weighted by atomic mass is 19.1. The van der Waals surface area contributed by atoms with Crippen molar-refractivity contribution in [1.82, 2.24) is 5.32 Å². The average Bonchev–Trinajstić information content (AvgIpc) is 2.47. The Labute approximate surface area is 88.8 Å². The normalized spacial score (nSPS) is 15.5. The Kier molecular flexibility index (Phi) is 2.22. The number of nitrogens with one attached hydrogen (secondary N) is 1. The zero-order valence-corrected chi connectivity index (χ0v) is 7.96. The molecule has 0 atom stereocenters. The number of amides is 3. The molecule has 1 aliphatic rings. The Bertz CT molecular complexity index is 451. The Morgan fingerprint density at radius 3 is 2.50 bits per heavy atom. The number of nitrogen functional groups attached to an aromatic ring is 1. The molecule has 84 valence electrons. The first-order valence-electron chi connectivity index (χ1n) is 4.36. The van der Waals surface area contributed by atoms with Crippen molar-refractivity contribution in [2.24, 2.45) is 0 Å². The van der Waals surface area contributed by atoms with Crippen LogP contribution in [0.1, 0.15) is 0 Å². The third-order valence-corrected chi connectivity index (χ3v) is 2.12. The third kappa shape index (κ3) is 1.46. The molecule has 1 saturated heterocycles. The first-order chi connectivity index (χ1) is 7.50. The monoisotopic (exact) mass is 227 g/mol. The third-order valence-electron chi connectivity index (χ3n) is 2.12. The number of carbonyl (C=O) groups excluding carboxylic acids is 2. The molecule has 0 unspecified atom stereocenters. The molecule has 1 heterocycles. The highest BCUT2D eigenvalue weighted by Gasteiger charge is 2.33. The quantitative estimate of drug-likeness (QED) is 0.545. The van der Waals surface area contributed by atoms with E-state index in [2.05, 4.69) is 5.32 Å². The fourth-order valence-corrected chi connectivity index (χ4v) is 1.47. The van der Waals surface area contributed by atoms with Gasteiger partial charge in [-0.15, -0.1) is 0 Å². The van der Waals surface area contributed by atoms with Crippen molar-refractivity contribution in [3.63, 3.8) is 0 Å². The molecule has 5 nitrogen and oxygen atoms in total. The number of hydrogen-bond donors (Lipinski definition) is 2. The maximum Gasteiger partial charge on any atom is 0.329 e. The number of carbonyl (C=O) groups is 2. The molecule has 1 aliphatic heterocycles. The van der Waals surface area contributed by atoms with Gasteiger partial charge in [0.05, 0.1) is 12.2 Å². The molecular weight excluding hydrogens is 220 g/mol. The van der Waals surface area contributed by atoms with E-state index in [0.717, 1.165) is 6.07 Å². The van der Waals surface area contributed by atoms with Gasteiger partial charge in [-0.25, -0.2) is 18.5 Å². The Hall–Kier alpha value is -2.18. The van der Waals surface area contributed by atoms with E-state index >= 15 is 0 Å². The predicted molar refractivity (Wildman–Crippen MR) is 51.7 cm³/mol. The maximum absolute atomic E-state index is 13.4. The summed E-state index contributed by atoms with van der Waals surface area (Å²) >= 11 is 0. The summed E-state index contributed by atoms with van der Waals surface area (Å²) in [4.78, 5) is 23.1. The Morgan fingerprint density at radius 1 is 1.31 bits per heavy atom. The maximum atomic E-state index is 13.4. The summed E-state index contributed by atoms with van der Waals surface area (Å²) in [5, 5.41) is 2.21. The largest absolute Gasteiger partial charge is 0.397 e. The van der Waals surface area contributed by atoms with Gasteiger partial charge < -0.3 is 11.1 Å². The van der Waals surface area contributed by atoms with Gasteiger partial charge in [0.25, 0.3) is 5.91 Å². The number of anilines is 2. The van der Waals surface area contributed by atoms with Crippen LogP contribution >= 0.6 is 0 Å². The van der Waals surface area contributed by atoms with Crippen molar-refractivity contribution in [3.8, 4) is 0 Å². The van der Waals surface area contributed by atoms with E-state index < -0.39 is 29.3 Å². The van der Waals surface area contributed by atoms with Crippen LogP contribution in [0.2, 0.25) is 0 Å². The summed E-state index contributed by atoms with van der Waals surface area (Å²) in [6.07, 6.45) is 0. The molecule has 0 aliphatic carbocycles. The molecule has 0 radical (unpaired) electrons. The van der Waals surface area contributed by atoms with Crippen molar-refractivity contribution in [1.29, 1.82) is 0 Å². The molecule has 0 saturated carbocycles. The number of nitrogens with two attached hydrogens (primary N) is 1. The fraction of sp³-hybridized carbons (Fsp3) is 0.111. The minimum Gasteiger partial charge on any atom is -0.397 e. The molecular formula is C9H7F2N3O2. The lowest BCUT2D eigenvalue weighted by molar-refractivity contribution is -0.115. The Morgan fingerprint density at radius 2 is 2.00 bits per heavy atom. The van der Waals surface area contributed by atoms with Crippen molar-refractivity contribution >= 4 is 23.3 Å². The lowest BCUT2D eigenvalue weighted by atomic mass is 10.2. The van der Waals surface area contributed by atoms with Crippen LogP contribution in [0.15, 0.2) is 12.1 Å². The van der Waals surface area contributed by atoms with Crippen molar-refractivity contribution in [2.45, 2.75) is 0 Å². The second kappa shape index (κ2) is 3.44. The summed E-state index contributed by atoms with van der Waals surface area (Å²) in [7, 11) is 0. The average molecular weight is 227 g/mol. The molecule has 7 heteroatoms. The molecule has 1 aromatic carbocycles. The van der Waals surface area contributed by atoms with Crippen LogP contribution < -0.4 is 16.0 Å². The van der Waals surface area contributed by atoms with Crippen LogP contribution in [-0.4, -0.2) is 18.5 Å². The van der Waals surface area contributed by atoms with Crippen molar-refractivity contribution in [2.75, 3.05) is 17.2 Å². The van der Waals surface area contributed by atoms with Crippen LogP contribution in [0.4, 0.5) is 25.0 Å². The molecule has 3 N–H and O–H groups in total. The number of hydrogen-bond acceptors (Lipinski definition) is 3. The number of urea groups is 1. The van der Waals surface area contributed by atoms with Crippen molar-refractivity contribution in [3.05, 3.63) is 23.8 Å². The van der Waals surface area contributed by atoms with Gasteiger partial charge in [0.15, 0.2) is 5.82 Å². The number of imide groups is 1. The van der Waals surface area contributed by atoms with Crippen LogP contribution in [0.3, 0.4) is 0 Å². The Balaban J connectivity index is 2.55. The highest BCUT2D eigenvalue weighted by Crippen LogP contribution is 2.29. The predicted octanol–water partition coefficient (Wildman–Crippen LogP) is 0.603. The standard InChI is InChI=1S/C9H7F2N3O2/c10-4-1-5(11)8(6(12)2-4)14-7(15)3-13-9(14)16/h1-2H,3,12H2,(H,13,16). The van der Waals surface area contributed by atoms with E-state index in [9.17, 15) is 18.4 Å². The summed E-state index contributed by atoms with van der Waals surface area (Å²) in [6, 6.07) is 0.629. The SMILES string of the molecule is Nc1cc(F)cc(F)c1N1C(=O)CNC1=O. The van der Waals surface area contributed by atoms with Gasteiger partial charge in [-0.05, 0) is 6.07 Å². The first kappa shape index (κ1) is 10.3. The van der Waals surface area contributed by atoms with Crippen molar-refractivity contribution < 1.29 is 18.4 Å². The molecule has 0 aromatic heterocycles. The van der Waals surface area contributed by atoms with Gasteiger partial charge in [-0.1, -0.05) is 0 Å². The summed E-state index contributed by atoms with van der Waals surface area (Å²) in [5.74, 6) is -2.56. The highest BCUT2D eigenvalue weighted by molar-refractivity contribution is 6.21. The molecule has 1 fully saturated rings. The second-order valence-electron chi connectivity index (χ2n) is 3.21. The summed E-state index contributed by atoms with van der Waals surface area (Å²) in [5.41, 5.74) is 4.65. The molecule has 0 bridgehead atoms. The van der Waals surface area contributed by atoms with E-state index in [-0.39, 0.29) is 12.2 Å². The van der Waals surface area contributed by atoms with Crippen LogP contribution in [0.25, 0.3) is 0 Å². The van der Waals surface area contributed by atoms with E-state index in [1.54, 1.807) is 0 Å². The van der Waals surface area contributed by atoms with Gasteiger partial charge in [-0.3, -0.25) is 4.79 Å². The minimum absolute atomic E-state index is 0.227. The summed E-state index contributed by atoms with van der Waals surface area (Å²) in [6.45, 7) is -0.227. The van der Waals surface area contributed by atoms with Gasteiger partial charge in [-0.2, -0.15) is 0 Å². The first-order valence-corrected chi connectivity index (χ1v) is 4.36. The van der Waals surface area contributed by atoms with Gasteiger partial charge in [0.2, 0.25) is 0 Å². The van der Waals surface area contributed by atoms with E-state index in [0.29, 0.717) is 11.0 Å². The van der Waals surface area contributed by atoms with E-state index in [4.69, 9.17) is 5.73 Å². The summed E-state index contributed by atoms with van der Waals surface area (Å²) < 4.78 is 26.2. The number of rotatable bonds is 1. The van der Waals surface area contributed by atoms with Crippen LogP contribution in [0.5, 0.6) is 0 Å². The smallest absolute Gasteiger partial charge is 0.329 e. The molecule has 16 heavy (non-hydrogen) atoms. The lowest BCUT2D eigenvalue weighted by Gasteiger charge is -2.15. The zero-order chi connectivity index (χ0) is 11.9. The van der Waals surface area contributed by atoms with Gasteiger partial charge >= 0.3 is 6.03 Å². The fourth-order valence-electron chi connectivity index (χ4n) is 1.47. The molecule has 3 amide bonds.